The van der Waals surface area contributed by atoms with Crippen LogP contribution in [0, 0.1) is 12.8 Å². The van der Waals surface area contributed by atoms with E-state index in [9.17, 15) is 4.79 Å². The van der Waals surface area contributed by atoms with Crippen LogP contribution in [0.2, 0.25) is 0 Å². The average molecular weight is 508 g/mol. The third kappa shape index (κ3) is 7.56. The molecule has 6 nitrogen and oxygen atoms in total. The monoisotopic (exact) mass is 508 g/mol. The number of rotatable bonds is 7. The number of ether oxygens (including phenoxy) is 1. The van der Waals surface area contributed by atoms with Gasteiger partial charge in [-0.3, -0.25) is 4.99 Å². The van der Waals surface area contributed by atoms with Crippen molar-refractivity contribution in [3.63, 3.8) is 0 Å². The zero-order valence-electron chi connectivity index (χ0n) is 16.8. The molecule has 0 bridgehead atoms. The average Bonchev–Trinajstić information content (AvgIpc) is 3.04. The van der Waals surface area contributed by atoms with Crippen LogP contribution in [0.1, 0.15) is 78.8 Å². The van der Waals surface area contributed by atoms with E-state index < -0.39 is 0 Å². The van der Waals surface area contributed by atoms with Gasteiger partial charge in [0.1, 0.15) is 9.88 Å². The molecule has 27 heavy (non-hydrogen) atoms. The summed E-state index contributed by atoms with van der Waals surface area (Å²) in [7, 11) is 1.78. The summed E-state index contributed by atoms with van der Waals surface area (Å²) in [6.07, 6.45) is 8.06. The summed E-state index contributed by atoms with van der Waals surface area (Å²) < 4.78 is 5.09. The number of halogens is 1. The van der Waals surface area contributed by atoms with E-state index in [1.165, 1.54) is 49.9 Å². The van der Waals surface area contributed by atoms with Gasteiger partial charge < -0.3 is 15.4 Å². The topological polar surface area (TPSA) is 75.6 Å². The van der Waals surface area contributed by atoms with Gasteiger partial charge in [-0.1, -0.05) is 32.1 Å². The van der Waals surface area contributed by atoms with E-state index in [1.807, 2.05) is 20.8 Å². The highest BCUT2D eigenvalue weighted by Crippen LogP contribution is 2.26. The lowest BCUT2D eigenvalue weighted by molar-refractivity contribution is 0.0531. The SMILES string of the molecule is CCOC(=O)c1sc(C(C)NC(=NC)NCCC2CCCCC2)nc1C.I. The van der Waals surface area contributed by atoms with Crippen molar-refractivity contribution in [2.24, 2.45) is 10.9 Å². The largest absolute Gasteiger partial charge is 0.462 e. The fourth-order valence-electron chi connectivity index (χ4n) is 3.32. The summed E-state index contributed by atoms with van der Waals surface area (Å²) in [5.74, 6) is 1.33. The fourth-order valence-corrected chi connectivity index (χ4v) is 4.28. The van der Waals surface area contributed by atoms with Crippen LogP contribution in [0.25, 0.3) is 0 Å². The number of hydrogen-bond donors (Lipinski definition) is 2. The second-order valence-corrected chi connectivity index (χ2v) is 7.88. The van der Waals surface area contributed by atoms with Crippen molar-refractivity contribution in [2.75, 3.05) is 20.2 Å². The molecule has 0 amide bonds. The summed E-state index contributed by atoms with van der Waals surface area (Å²) in [6, 6.07) is -0.0252. The van der Waals surface area contributed by atoms with E-state index in [1.54, 1.807) is 7.05 Å². The van der Waals surface area contributed by atoms with E-state index in [4.69, 9.17) is 4.74 Å². The molecule has 1 aromatic rings. The van der Waals surface area contributed by atoms with Gasteiger partial charge in [0, 0.05) is 13.6 Å². The first-order valence-electron chi connectivity index (χ1n) is 9.66. The van der Waals surface area contributed by atoms with Gasteiger partial charge in [-0.2, -0.15) is 0 Å². The van der Waals surface area contributed by atoms with Crippen LogP contribution < -0.4 is 10.6 Å². The van der Waals surface area contributed by atoms with E-state index >= 15 is 0 Å². The quantitative estimate of drug-likeness (QED) is 0.247. The fraction of sp³-hybridized carbons (Fsp3) is 0.737. The molecular weight excluding hydrogens is 475 g/mol. The van der Waals surface area contributed by atoms with Crippen LogP contribution in [0.15, 0.2) is 4.99 Å². The molecular formula is C19H33IN4O2S. The highest BCUT2D eigenvalue weighted by molar-refractivity contribution is 14.0. The number of thiazole rings is 1. The number of aryl methyl sites for hydroxylation is 1. The summed E-state index contributed by atoms with van der Waals surface area (Å²) in [5.41, 5.74) is 0.720. The third-order valence-corrected chi connectivity index (χ3v) is 6.11. The Hall–Kier alpha value is -0.900. The number of esters is 1. The Kier molecular flexibility index (Phi) is 11.2. The first kappa shape index (κ1) is 24.1. The Balaban J connectivity index is 0.00000364. The highest BCUT2D eigenvalue weighted by atomic mass is 127. The van der Waals surface area contributed by atoms with Gasteiger partial charge in [0.2, 0.25) is 0 Å². The van der Waals surface area contributed by atoms with Crippen molar-refractivity contribution in [2.45, 2.75) is 65.3 Å². The molecule has 1 heterocycles. The summed E-state index contributed by atoms with van der Waals surface area (Å²) in [4.78, 5) is 21.4. The smallest absolute Gasteiger partial charge is 0.350 e. The van der Waals surface area contributed by atoms with Crippen molar-refractivity contribution >= 4 is 47.2 Å². The third-order valence-electron chi connectivity index (χ3n) is 4.79. The predicted octanol–water partition coefficient (Wildman–Crippen LogP) is 4.44. The maximum Gasteiger partial charge on any atom is 0.350 e. The lowest BCUT2D eigenvalue weighted by atomic mass is 9.87. The Labute approximate surface area is 184 Å². The van der Waals surface area contributed by atoms with Crippen LogP contribution in [0.4, 0.5) is 0 Å². The molecule has 1 saturated carbocycles. The van der Waals surface area contributed by atoms with Crippen LogP contribution in [0.3, 0.4) is 0 Å². The van der Waals surface area contributed by atoms with Crippen LogP contribution in [-0.2, 0) is 4.74 Å². The minimum absolute atomic E-state index is 0. The molecule has 154 valence electrons. The van der Waals surface area contributed by atoms with Gasteiger partial charge in [0.15, 0.2) is 5.96 Å². The minimum Gasteiger partial charge on any atom is -0.462 e. The van der Waals surface area contributed by atoms with E-state index in [0.29, 0.717) is 11.5 Å². The maximum atomic E-state index is 12.0. The van der Waals surface area contributed by atoms with Gasteiger partial charge in [-0.15, -0.1) is 35.3 Å². The maximum absolute atomic E-state index is 12.0. The molecule has 8 heteroatoms. The lowest BCUT2D eigenvalue weighted by Gasteiger charge is -2.22. The molecule has 1 unspecified atom stereocenters. The van der Waals surface area contributed by atoms with Crippen LogP contribution in [0.5, 0.6) is 0 Å². The predicted molar refractivity (Wildman–Crippen MR) is 122 cm³/mol. The van der Waals surface area contributed by atoms with E-state index in [2.05, 4.69) is 20.6 Å². The van der Waals surface area contributed by atoms with Gasteiger partial charge in [-0.25, -0.2) is 9.78 Å². The number of nitrogens with one attached hydrogen (secondary N) is 2. The summed E-state index contributed by atoms with van der Waals surface area (Å²) >= 11 is 1.38. The molecule has 1 aliphatic rings. The molecule has 1 fully saturated rings. The number of aliphatic imine (C=N–C) groups is 1. The molecule has 0 saturated heterocycles. The number of nitrogens with zero attached hydrogens (tertiary/aromatic N) is 2. The number of hydrogen-bond acceptors (Lipinski definition) is 5. The molecule has 1 aromatic heterocycles. The molecule has 1 atom stereocenters. The zero-order chi connectivity index (χ0) is 18.9. The summed E-state index contributed by atoms with van der Waals surface area (Å²) in [6.45, 7) is 6.98. The van der Waals surface area contributed by atoms with Crippen molar-refractivity contribution in [3.05, 3.63) is 15.6 Å². The Morgan fingerprint density at radius 2 is 2.07 bits per heavy atom. The van der Waals surface area contributed by atoms with Gasteiger partial charge in [0.05, 0.1) is 18.3 Å². The van der Waals surface area contributed by atoms with Gasteiger partial charge in [0.25, 0.3) is 0 Å². The Morgan fingerprint density at radius 1 is 1.37 bits per heavy atom. The van der Waals surface area contributed by atoms with Crippen molar-refractivity contribution in [1.29, 1.82) is 0 Å². The molecule has 0 aliphatic heterocycles. The standard InChI is InChI=1S/C19H32N4O2S.HI/c1-5-25-18(24)16-13(2)22-17(26-16)14(3)23-19(20-4)21-12-11-15-9-7-6-8-10-15;/h14-15H,5-12H2,1-4H3,(H2,20,21,23);1H. The number of guanidine groups is 1. The first-order valence-corrected chi connectivity index (χ1v) is 10.5. The molecule has 1 aliphatic carbocycles. The molecule has 0 aromatic carbocycles. The first-order chi connectivity index (χ1) is 12.5. The van der Waals surface area contributed by atoms with Crippen LogP contribution in [-0.4, -0.2) is 37.1 Å². The lowest BCUT2D eigenvalue weighted by Crippen LogP contribution is -2.39. The zero-order valence-corrected chi connectivity index (χ0v) is 20.0. The number of aromatic nitrogens is 1. The second kappa shape index (κ2) is 12.5. The van der Waals surface area contributed by atoms with Crippen molar-refractivity contribution in [1.82, 2.24) is 15.6 Å². The van der Waals surface area contributed by atoms with Gasteiger partial charge >= 0.3 is 5.97 Å². The Morgan fingerprint density at radius 3 is 2.70 bits per heavy atom. The van der Waals surface area contributed by atoms with Crippen LogP contribution >= 0.6 is 35.3 Å². The normalized spacial score (nSPS) is 16.4. The summed E-state index contributed by atoms with van der Waals surface area (Å²) in [5, 5.41) is 7.63. The molecule has 2 rings (SSSR count). The number of carbonyl (C=O) groups is 1. The van der Waals surface area contributed by atoms with E-state index in [0.717, 1.165) is 29.1 Å². The van der Waals surface area contributed by atoms with Gasteiger partial charge in [-0.05, 0) is 33.1 Å². The molecule has 2 N–H and O–H groups in total. The highest BCUT2D eigenvalue weighted by Gasteiger charge is 2.20. The van der Waals surface area contributed by atoms with Crippen molar-refractivity contribution in [3.8, 4) is 0 Å². The number of carbonyl (C=O) groups excluding carboxylic acids is 1. The minimum atomic E-state index is -0.295. The van der Waals surface area contributed by atoms with Crippen molar-refractivity contribution < 1.29 is 9.53 Å². The molecule has 0 radical (unpaired) electrons. The van der Waals surface area contributed by atoms with E-state index in [-0.39, 0.29) is 36.0 Å². The Bertz CT molecular complexity index is 615. The molecule has 0 spiro atoms. The second-order valence-electron chi connectivity index (χ2n) is 6.84.